The number of morpholine rings is 1. The molecule has 1 atom stereocenters. The van der Waals surface area contributed by atoms with Crippen molar-refractivity contribution < 1.29 is 34.1 Å². The normalized spacial score (nSPS) is 20.6. The highest BCUT2D eigenvalue weighted by atomic mass is 16.5. The van der Waals surface area contributed by atoms with Crippen LogP contribution in [-0.4, -0.2) is 67.7 Å². The first-order valence-corrected chi connectivity index (χ1v) is 12.3. The number of ether oxygens (including phenoxy) is 2. The number of rotatable bonds is 8. The van der Waals surface area contributed by atoms with Crippen LogP contribution in [0.4, 0.5) is 0 Å². The second-order valence-corrected chi connectivity index (χ2v) is 9.63. The molecule has 1 unspecified atom stereocenters. The summed E-state index contributed by atoms with van der Waals surface area (Å²) in [5, 5.41) is 11.3. The van der Waals surface area contributed by atoms with E-state index in [0.717, 1.165) is 30.0 Å². The fourth-order valence-electron chi connectivity index (χ4n) is 4.59. The van der Waals surface area contributed by atoms with Crippen molar-refractivity contribution >= 4 is 17.4 Å². The summed E-state index contributed by atoms with van der Waals surface area (Å²) in [4.78, 5) is 32.3. The van der Waals surface area contributed by atoms with E-state index in [4.69, 9.17) is 9.47 Å². The average Bonchev–Trinajstić information content (AvgIpc) is 3.12. The molecule has 186 valence electrons. The lowest BCUT2D eigenvalue weighted by atomic mass is 9.95. The third-order valence-corrected chi connectivity index (χ3v) is 6.51. The number of aromatic nitrogens is 1. The Morgan fingerprint density at radius 1 is 1.26 bits per heavy atom. The standard InChI is InChI=1S/C27H33N3O5/c1-18(2)17-35-22-7-6-20(15-19(22)3)25(31)23-24(21-5-4-8-28-16-21)30(27(33)26(23)32)10-9-29-11-13-34-14-12-29/h4-8,15-16,18,24,31H,9-14,17H2,1-3H3/p+2. The van der Waals surface area contributed by atoms with Gasteiger partial charge in [-0.05, 0) is 42.7 Å². The van der Waals surface area contributed by atoms with Crippen molar-refractivity contribution in [3.05, 3.63) is 65.0 Å². The Labute approximate surface area is 206 Å². The summed E-state index contributed by atoms with van der Waals surface area (Å²) < 4.78 is 11.3. The lowest BCUT2D eigenvalue weighted by molar-refractivity contribution is -0.907. The number of likely N-dealkylation sites (tertiary alicyclic amines) is 1. The minimum Gasteiger partial charge on any atom is -0.507 e. The summed E-state index contributed by atoms with van der Waals surface area (Å²) >= 11 is 0. The number of nitrogens with zero attached hydrogens (tertiary/aromatic N) is 1. The number of pyridine rings is 1. The summed E-state index contributed by atoms with van der Waals surface area (Å²) in [7, 11) is 0. The predicted octanol–water partition coefficient (Wildman–Crippen LogP) is 1.18. The molecule has 1 aromatic heterocycles. The number of carbonyl (C=O) groups excluding carboxylic acids is 2. The van der Waals surface area contributed by atoms with E-state index in [0.29, 0.717) is 44.4 Å². The minimum atomic E-state index is -0.662. The molecule has 2 aliphatic rings. The second kappa shape index (κ2) is 11.0. The zero-order valence-corrected chi connectivity index (χ0v) is 20.7. The first kappa shape index (κ1) is 24.9. The molecule has 0 aliphatic carbocycles. The number of Topliss-reactive ketones (excluding diaryl/α,β-unsaturated/α-hetero) is 1. The van der Waals surface area contributed by atoms with E-state index in [1.165, 1.54) is 4.90 Å². The molecular weight excluding hydrogens is 446 g/mol. The zero-order valence-electron chi connectivity index (χ0n) is 20.7. The number of H-pyrrole nitrogens is 1. The molecule has 2 saturated heterocycles. The van der Waals surface area contributed by atoms with Crippen LogP contribution in [0, 0.1) is 12.8 Å². The van der Waals surface area contributed by atoms with Gasteiger partial charge >= 0.3 is 0 Å². The molecule has 8 heteroatoms. The Morgan fingerprint density at radius 2 is 2.03 bits per heavy atom. The first-order chi connectivity index (χ1) is 16.9. The number of aliphatic hydroxyl groups excluding tert-OH is 1. The van der Waals surface area contributed by atoms with Gasteiger partial charge in [0, 0.05) is 17.2 Å². The largest absolute Gasteiger partial charge is 0.507 e. The number of quaternary nitrogens is 1. The number of amides is 1. The number of carbonyl (C=O) groups is 2. The van der Waals surface area contributed by atoms with E-state index in [1.54, 1.807) is 35.5 Å². The van der Waals surface area contributed by atoms with Gasteiger partial charge in [0.25, 0.3) is 11.7 Å². The Balaban J connectivity index is 1.67. The molecule has 2 aliphatic heterocycles. The Hall–Kier alpha value is -3.23. The van der Waals surface area contributed by atoms with Crippen LogP contribution in [0.3, 0.4) is 0 Å². The predicted molar refractivity (Wildman–Crippen MR) is 130 cm³/mol. The highest BCUT2D eigenvalue weighted by Crippen LogP contribution is 2.39. The Bertz CT molecular complexity index is 1090. The molecule has 0 saturated carbocycles. The van der Waals surface area contributed by atoms with Crippen LogP contribution in [0.15, 0.2) is 48.3 Å². The number of aryl methyl sites for hydroxylation is 1. The number of hydrogen-bond donors (Lipinski definition) is 2. The summed E-state index contributed by atoms with van der Waals surface area (Å²) in [5.74, 6) is -0.288. The summed E-state index contributed by atoms with van der Waals surface area (Å²) in [6.07, 6.45) is 3.54. The molecule has 1 amide bonds. The molecule has 3 N–H and O–H groups in total. The van der Waals surface area contributed by atoms with Gasteiger partial charge in [0.1, 0.15) is 24.6 Å². The number of nitrogens with one attached hydrogen (secondary N) is 2. The maximum Gasteiger partial charge on any atom is 0.295 e. The third kappa shape index (κ3) is 5.55. The van der Waals surface area contributed by atoms with Gasteiger partial charge in [-0.3, -0.25) is 9.59 Å². The highest BCUT2D eigenvalue weighted by Gasteiger charge is 2.47. The quantitative estimate of drug-likeness (QED) is 0.336. The van der Waals surface area contributed by atoms with Gasteiger partial charge in [-0.25, -0.2) is 4.98 Å². The fraction of sp³-hybridized carbons (Fsp3) is 0.444. The molecule has 1 aromatic carbocycles. The summed E-state index contributed by atoms with van der Waals surface area (Å²) in [6.45, 7) is 10.9. The van der Waals surface area contributed by atoms with Gasteiger partial charge < -0.3 is 24.4 Å². The van der Waals surface area contributed by atoms with Crippen molar-refractivity contribution in [3.8, 4) is 5.75 Å². The first-order valence-electron chi connectivity index (χ1n) is 12.3. The molecule has 2 fully saturated rings. The smallest absolute Gasteiger partial charge is 0.295 e. The van der Waals surface area contributed by atoms with E-state index in [-0.39, 0.29) is 11.3 Å². The van der Waals surface area contributed by atoms with Gasteiger partial charge in [-0.1, -0.05) is 13.8 Å². The van der Waals surface area contributed by atoms with Crippen LogP contribution in [0.25, 0.3) is 5.76 Å². The fourth-order valence-corrected chi connectivity index (χ4v) is 4.59. The van der Waals surface area contributed by atoms with Gasteiger partial charge in [-0.2, -0.15) is 0 Å². The molecule has 8 nitrogen and oxygen atoms in total. The van der Waals surface area contributed by atoms with Crippen molar-refractivity contribution in [3.63, 3.8) is 0 Å². The number of hydrogen-bond acceptors (Lipinski definition) is 5. The highest BCUT2D eigenvalue weighted by molar-refractivity contribution is 6.46. The van der Waals surface area contributed by atoms with E-state index >= 15 is 0 Å². The molecule has 2 aromatic rings. The van der Waals surface area contributed by atoms with Crippen molar-refractivity contribution in [1.82, 2.24) is 4.90 Å². The molecule has 3 heterocycles. The van der Waals surface area contributed by atoms with Crippen LogP contribution < -0.4 is 14.6 Å². The molecule has 0 radical (unpaired) electrons. The van der Waals surface area contributed by atoms with Gasteiger partial charge in [0.05, 0.1) is 44.5 Å². The SMILES string of the molecule is Cc1cc(C(O)=C2C(=O)C(=O)N(CC[NH+]3CCOCC3)C2c2ccc[nH+]c2)ccc1OCC(C)C. The molecule has 35 heavy (non-hydrogen) atoms. The second-order valence-electron chi connectivity index (χ2n) is 9.63. The molecule has 4 rings (SSSR count). The van der Waals surface area contributed by atoms with Gasteiger partial charge in [0.15, 0.2) is 12.4 Å². The number of aromatic amines is 1. The lowest BCUT2D eigenvalue weighted by Crippen LogP contribution is -3.14. The van der Waals surface area contributed by atoms with Crippen molar-refractivity contribution in [1.29, 1.82) is 0 Å². The van der Waals surface area contributed by atoms with Crippen LogP contribution in [-0.2, 0) is 14.3 Å². The third-order valence-electron chi connectivity index (χ3n) is 6.51. The summed E-state index contributed by atoms with van der Waals surface area (Å²) in [5.41, 5.74) is 2.20. The number of benzene rings is 1. The Kier molecular flexibility index (Phi) is 7.83. The van der Waals surface area contributed by atoms with E-state index in [9.17, 15) is 14.7 Å². The Morgan fingerprint density at radius 3 is 2.69 bits per heavy atom. The summed E-state index contributed by atoms with van der Waals surface area (Å²) in [6, 6.07) is 8.36. The van der Waals surface area contributed by atoms with Crippen molar-refractivity contribution in [2.45, 2.75) is 26.8 Å². The molecule has 0 spiro atoms. The van der Waals surface area contributed by atoms with Gasteiger partial charge in [-0.15, -0.1) is 0 Å². The number of ketones is 1. The maximum absolute atomic E-state index is 13.2. The maximum atomic E-state index is 13.2. The van der Waals surface area contributed by atoms with Gasteiger partial charge in [0.2, 0.25) is 0 Å². The molecule has 0 bridgehead atoms. The topological polar surface area (TPSA) is 94.7 Å². The monoisotopic (exact) mass is 481 g/mol. The van der Waals surface area contributed by atoms with Crippen LogP contribution in [0.5, 0.6) is 5.75 Å². The van der Waals surface area contributed by atoms with Crippen molar-refractivity contribution in [2.75, 3.05) is 46.0 Å². The van der Waals surface area contributed by atoms with E-state index < -0.39 is 17.7 Å². The van der Waals surface area contributed by atoms with Crippen LogP contribution in [0.2, 0.25) is 0 Å². The van der Waals surface area contributed by atoms with Crippen molar-refractivity contribution in [2.24, 2.45) is 5.92 Å². The van der Waals surface area contributed by atoms with Crippen LogP contribution in [0.1, 0.15) is 36.6 Å². The lowest BCUT2D eigenvalue weighted by Gasteiger charge is -2.28. The number of aliphatic hydroxyl groups is 1. The van der Waals surface area contributed by atoms with E-state index in [1.807, 2.05) is 19.1 Å². The average molecular weight is 482 g/mol. The van der Waals surface area contributed by atoms with E-state index in [2.05, 4.69) is 18.8 Å². The minimum absolute atomic E-state index is 0.113. The molecular formula is C27H35N3O5+2. The van der Waals surface area contributed by atoms with Crippen LogP contribution >= 0.6 is 0 Å². The zero-order chi connectivity index (χ0) is 24.9.